The summed E-state index contributed by atoms with van der Waals surface area (Å²) < 4.78 is 24.0. The van der Waals surface area contributed by atoms with Crippen LogP contribution in [0.2, 0.25) is 10.0 Å². The number of nitrogens with zero attached hydrogens (tertiary/aromatic N) is 2. The molecule has 1 saturated carbocycles. The van der Waals surface area contributed by atoms with Crippen molar-refractivity contribution in [3.05, 3.63) is 28.2 Å². The van der Waals surface area contributed by atoms with E-state index in [2.05, 4.69) is 4.99 Å². The third-order valence-electron chi connectivity index (χ3n) is 4.32. The van der Waals surface area contributed by atoms with Crippen molar-refractivity contribution >= 4 is 61.6 Å². The Hall–Kier alpha value is -0.760. The minimum Gasteiger partial charge on any atom is -0.315 e. The molecule has 0 N–H and O–H groups in total. The number of carbonyl (C=O) groups excluding carboxylic acids is 1. The highest BCUT2D eigenvalue weighted by Crippen LogP contribution is 2.42. The van der Waals surface area contributed by atoms with Crippen molar-refractivity contribution in [3.8, 4) is 0 Å². The summed E-state index contributed by atoms with van der Waals surface area (Å²) in [5.74, 6) is 0.0420. The molecule has 5 nitrogen and oxygen atoms in total. The van der Waals surface area contributed by atoms with Crippen LogP contribution in [0.1, 0.15) is 12.8 Å². The van der Waals surface area contributed by atoms with Crippen molar-refractivity contribution in [2.75, 3.05) is 16.4 Å². The summed E-state index contributed by atoms with van der Waals surface area (Å²) in [5.41, 5.74) is 0.673. The second kappa shape index (κ2) is 5.90. The van der Waals surface area contributed by atoms with Gasteiger partial charge in [0, 0.05) is 26.9 Å². The Morgan fingerprint density at radius 1 is 1.17 bits per heavy atom. The van der Waals surface area contributed by atoms with Gasteiger partial charge in [-0.3, -0.25) is 4.79 Å². The standard InChI is InChI=1S/C15H14Cl2N2O3S2/c16-9-3-10(17)5-11(4-9)19-12-6-24(21,22)7-13(12)23-15(19)18-14(20)8-1-2-8/h3-5,8,12-13H,1-2,6-7H2. The van der Waals surface area contributed by atoms with Gasteiger partial charge in [0.15, 0.2) is 15.0 Å². The monoisotopic (exact) mass is 404 g/mol. The Morgan fingerprint density at radius 3 is 2.46 bits per heavy atom. The molecule has 1 aromatic carbocycles. The number of amidine groups is 1. The first-order valence-corrected chi connectivity index (χ1v) is 11.0. The molecule has 3 aliphatic rings. The number of sulfone groups is 1. The maximum absolute atomic E-state index is 12.1. The molecular formula is C15H14Cl2N2O3S2. The number of thioether (sulfide) groups is 1. The van der Waals surface area contributed by atoms with Gasteiger partial charge in [-0.15, -0.1) is 0 Å². The van der Waals surface area contributed by atoms with E-state index in [0.717, 1.165) is 12.8 Å². The molecule has 2 unspecified atom stereocenters. The quantitative estimate of drug-likeness (QED) is 0.757. The molecule has 3 fully saturated rings. The molecule has 2 saturated heterocycles. The number of aliphatic imine (C=N–C) groups is 1. The fourth-order valence-electron chi connectivity index (χ4n) is 3.06. The van der Waals surface area contributed by atoms with E-state index in [1.807, 2.05) is 4.90 Å². The smallest absolute Gasteiger partial charge is 0.251 e. The lowest BCUT2D eigenvalue weighted by Crippen LogP contribution is -2.37. The largest absolute Gasteiger partial charge is 0.315 e. The Bertz CT molecular complexity index is 832. The first-order valence-electron chi connectivity index (χ1n) is 7.57. The van der Waals surface area contributed by atoms with Crippen LogP contribution in [-0.4, -0.2) is 42.3 Å². The van der Waals surface area contributed by atoms with Gasteiger partial charge < -0.3 is 4.90 Å². The summed E-state index contributed by atoms with van der Waals surface area (Å²) >= 11 is 13.6. The Morgan fingerprint density at radius 2 is 1.83 bits per heavy atom. The summed E-state index contributed by atoms with van der Waals surface area (Å²) in [6, 6.07) is 4.81. The number of halogens is 2. The van der Waals surface area contributed by atoms with E-state index in [9.17, 15) is 13.2 Å². The van der Waals surface area contributed by atoms with Crippen LogP contribution in [-0.2, 0) is 14.6 Å². The zero-order chi connectivity index (χ0) is 17.1. The lowest BCUT2D eigenvalue weighted by molar-refractivity contribution is -0.118. The van der Waals surface area contributed by atoms with Gasteiger partial charge in [0.25, 0.3) is 5.91 Å². The van der Waals surface area contributed by atoms with E-state index in [1.54, 1.807) is 18.2 Å². The molecule has 0 bridgehead atoms. The number of benzene rings is 1. The molecule has 2 heterocycles. The minimum atomic E-state index is -3.09. The topological polar surface area (TPSA) is 66.8 Å². The van der Waals surface area contributed by atoms with E-state index in [1.165, 1.54) is 11.8 Å². The molecule has 1 aromatic rings. The molecule has 0 radical (unpaired) electrons. The third kappa shape index (κ3) is 3.19. The van der Waals surface area contributed by atoms with E-state index < -0.39 is 9.84 Å². The van der Waals surface area contributed by atoms with Crippen LogP contribution < -0.4 is 4.90 Å². The van der Waals surface area contributed by atoms with Gasteiger partial charge in [0.1, 0.15) is 0 Å². The van der Waals surface area contributed by atoms with Crippen molar-refractivity contribution in [3.63, 3.8) is 0 Å². The van der Waals surface area contributed by atoms with Gasteiger partial charge in [0.05, 0.1) is 17.5 Å². The van der Waals surface area contributed by atoms with Crippen LogP contribution in [0.4, 0.5) is 5.69 Å². The Labute approximate surface area is 154 Å². The molecule has 1 amide bonds. The normalized spacial score (nSPS) is 29.9. The zero-order valence-electron chi connectivity index (χ0n) is 12.5. The molecular weight excluding hydrogens is 391 g/mol. The van der Waals surface area contributed by atoms with Crippen molar-refractivity contribution in [2.45, 2.75) is 24.1 Å². The maximum atomic E-state index is 12.1. The van der Waals surface area contributed by atoms with E-state index in [4.69, 9.17) is 23.2 Å². The first kappa shape index (κ1) is 16.7. The lowest BCUT2D eigenvalue weighted by atomic mass is 10.2. The highest BCUT2D eigenvalue weighted by atomic mass is 35.5. The van der Waals surface area contributed by atoms with Crippen molar-refractivity contribution in [1.82, 2.24) is 0 Å². The number of carbonyl (C=O) groups is 1. The van der Waals surface area contributed by atoms with Crippen molar-refractivity contribution < 1.29 is 13.2 Å². The lowest BCUT2D eigenvalue weighted by Gasteiger charge is -2.24. The molecule has 24 heavy (non-hydrogen) atoms. The summed E-state index contributed by atoms with van der Waals surface area (Å²) in [7, 11) is -3.09. The summed E-state index contributed by atoms with van der Waals surface area (Å²) in [4.78, 5) is 18.2. The van der Waals surface area contributed by atoms with Crippen LogP contribution in [0.5, 0.6) is 0 Å². The minimum absolute atomic E-state index is 0.0204. The predicted octanol–water partition coefficient (Wildman–Crippen LogP) is 3.00. The fraction of sp³-hybridized carbons (Fsp3) is 0.467. The summed E-state index contributed by atoms with van der Waals surface area (Å²) in [6.45, 7) is 0. The summed E-state index contributed by atoms with van der Waals surface area (Å²) in [5, 5.41) is 1.34. The number of amides is 1. The fourth-order valence-corrected chi connectivity index (χ4v) is 7.49. The molecule has 1 aliphatic carbocycles. The first-order chi connectivity index (χ1) is 11.3. The number of hydrogen-bond acceptors (Lipinski definition) is 4. The second-order valence-electron chi connectivity index (χ2n) is 6.31. The Kier molecular flexibility index (Phi) is 4.10. The zero-order valence-corrected chi connectivity index (χ0v) is 15.6. The number of anilines is 1. The predicted molar refractivity (Wildman–Crippen MR) is 97.9 cm³/mol. The van der Waals surface area contributed by atoms with E-state index in [-0.39, 0.29) is 34.6 Å². The average Bonchev–Trinajstić information content (AvgIpc) is 3.18. The molecule has 0 aromatic heterocycles. The van der Waals surface area contributed by atoms with Gasteiger partial charge in [-0.25, -0.2) is 8.42 Å². The highest BCUT2D eigenvalue weighted by molar-refractivity contribution is 8.16. The maximum Gasteiger partial charge on any atom is 0.251 e. The van der Waals surface area contributed by atoms with Gasteiger partial charge in [-0.1, -0.05) is 35.0 Å². The summed E-state index contributed by atoms with van der Waals surface area (Å²) in [6.07, 6.45) is 1.76. The van der Waals surface area contributed by atoms with E-state index in [0.29, 0.717) is 20.9 Å². The van der Waals surface area contributed by atoms with Crippen molar-refractivity contribution in [2.24, 2.45) is 10.9 Å². The van der Waals surface area contributed by atoms with Crippen LogP contribution in [0.15, 0.2) is 23.2 Å². The average molecular weight is 405 g/mol. The van der Waals surface area contributed by atoms with Crippen LogP contribution in [0, 0.1) is 5.92 Å². The molecule has 0 spiro atoms. The highest BCUT2D eigenvalue weighted by Gasteiger charge is 2.49. The number of hydrogen-bond donors (Lipinski definition) is 0. The van der Waals surface area contributed by atoms with Crippen LogP contribution in [0.25, 0.3) is 0 Å². The van der Waals surface area contributed by atoms with Crippen molar-refractivity contribution in [1.29, 1.82) is 0 Å². The van der Waals surface area contributed by atoms with Crippen LogP contribution >= 0.6 is 35.0 Å². The molecule has 2 aliphatic heterocycles. The van der Waals surface area contributed by atoms with Gasteiger partial charge in [-0.2, -0.15) is 4.99 Å². The van der Waals surface area contributed by atoms with Gasteiger partial charge in [-0.05, 0) is 31.0 Å². The molecule has 4 rings (SSSR count). The SMILES string of the molecule is O=C(N=C1SC2CS(=O)(=O)CC2N1c1cc(Cl)cc(Cl)c1)C1CC1. The number of rotatable bonds is 2. The third-order valence-corrected chi connectivity index (χ3v) is 7.97. The van der Waals surface area contributed by atoms with Crippen LogP contribution in [0.3, 0.4) is 0 Å². The van der Waals surface area contributed by atoms with E-state index >= 15 is 0 Å². The van der Waals surface area contributed by atoms with Gasteiger partial charge in [0.2, 0.25) is 0 Å². The molecule has 9 heteroatoms. The molecule has 2 atom stereocenters. The Balaban J connectivity index is 1.75. The molecule has 128 valence electrons. The number of fused-ring (bicyclic) bond motifs is 1. The van der Waals surface area contributed by atoms with Gasteiger partial charge >= 0.3 is 0 Å². The second-order valence-corrected chi connectivity index (χ2v) is 10.5.